The van der Waals surface area contributed by atoms with Gasteiger partial charge in [-0.3, -0.25) is 4.79 Å². The monoisotopic (exact) mass is 279 g/mol. The Kier molecular flexibility index (Phi) is 3.26. The highest BCUT2D eigenvalue weighted by Crippen LogP contribution is 2.28. The molecule has 0 atom stereocenters. The number of aromatic hydroxyl groups is 1. The molecule has 3 aromatic rings. The van der Waals surface area contributed by atoms with Crippen molar-refractivity contribution in [3.8, 4) is 17.0 Å². The van der Waals surface area contributed by atoms with E-state index in [-0.39, 0.29) is 11.5 Å². The molecule has 0 unspecified atom stereocenters. The summed E-state index contributed by atoms with van der Waals surface area (Å²) in [5.41, 5.74) is 4.56. The maximum atomic E-state index is 11.5. The lowest BCUT2D eigenvalue weighted by Gasteiger charge is -2.03. The molecule has 21 heavy (non-hydrogen) atoms. The van der Waals surface area contributed by atoms with Crippen LogP contribution in [0.25, 0.3) is 22.2 Å². The SMILES string of the molecule is CCc1ccc2[nH]c(-c3cc(O)cc(C(C)=O)c3)cc2c1. The summed E-state index contributed by atoms with van der Waals surface area (Å²) in [6.07, 6.45) is 0.997. The average molecular weight is 279 g/mol. The summed E-state index contributed by atoms with van der Waals surface area (Å²) >= 11 is 0. The number of hydrogen-bond donors (Lipinski definition) is 2. The molecule has 2 N–H and O–H groups in total. The molecule has 1 heterocycles. The van der Waals surface area contributed by atoms with E-state index in [1.54, 1.807) is 12.1 Å². The van der Waals surface area contributed by atoms with Gasteiger partial charge in [-0.2, -0.15) is 0 Å². The second-order valence-electron chi connectivity index (χ2n) is 5.28. The van der Waals surface area contributed by atoms with E-state index in [9.17, 15) is 9.90 Å². The Balaban J connectivity index is 2.13. The molecule has 106 valence electrons. The third kappa shape index (κ3) is 2.55. The fourth-order valence-corrected chi connectivity index (χ4v) is 2.53. The Morgan fingerprint density at radius 2 is 1.95 bits per heavy atom. The topological polar surface area (TPSA) is 53.1 Å². The number of ketones is 1. The van der Waals surface area contributed by atoms with Crippen molar-refractivity contribution in [2.45, 2.75) is 20.3 Å². The van der Waals surface area contributed by atoms with Crippen LogP contribution in [-0.2, 0) is 6.42 Å². The number of Topliss-reactive ketones (excluding diaryl/α,β-unsaturated/α-hetero) is 1. The molecule has 0 aliphatic heterocycles. The Morgan fingerprint density at radius 1 is 1.14 bits per heavy atom. The van der Waals surface area contributed by atoms with E-state index < -0.39 is 0 Å². The largest absolute Gasteiger partial charge is 0.508 e. The number of carbonyl (C=O) groups excluding carboxylic acids is 1. The Labute approximate surface area is 123 Å². The number of aryl methyl sites for hydroxylation is 1. The first-order valence-electron chi connectivity index (χ1n) is 7.04. The molecule has 0 aliphatic carbocycles. The van der Waals surface area contributed by atoms with Crippen LogP contribution in [0.3, 0.4) is 0 Å². The second-order valence-corrected chi connectivity index (χ2v) is 5.28. The molecule has 0 saturated carbocycles. The number of aromatic amines is 1. The third-order valence-electron chi connectivity index (χ3n) is 3.73. The second kappa shape index (κ2) is 5.09. The van der Waals surface area contributed by atoms with Crippen molar-refractivity contribution < 1.29 is 9.90 Å². The van der Waals surface area contributed by atoms with E-state index >= 15 is 0 Å². The van der Waals surface area contributed by atoms with Crippen LogP contribution in [0.4, 0.5) is 0 Å². The van der Waals surface area contributed by atoms with Crippen LogP contribution in [0, 0.1) is 0 Å². The number of aromatic nitrogens is 1. The van der Waals surface area contributed by atoms with E-state index in [4.69, 9.17) is 0 Å². The quantitative estimate of drug-likeness (QED) is 0.702. The van der Waals surface area contributed by atoms with Crippen molar-refractivity contribution in [3.63, 3.8) is 0 Å². The lowest BCUT2D eigenvalue weighted by Crippen LogP contribution is -1.92. The van der Waals surface area contributed by atoms with Gasteiger partial charge in [0.2, 0.25) is 0 Å². The summed E-state index contributed by atoms with van der Waals surface area (Å²) in [6.45, 7) is 3.63. The molecule has 3 nitrogen and oxygen atoms in total. The summed E-state index contributed by atoms with van der Waals surface area (Å²) < 4.78 is 0. The van der Waals surface area contributed by atoms with Gasteiger partial charge in [0, 0.05) is 27.7 Å². The molecule has 3 heteroatoms. The zero-order valence-electron chi connectivity index (χ0n) is 12.1. The van der Waals surface area contributed by atoms with E-state index in [1.807, 2.05) is 6.07 Å². The maximum absolute atomic E-state index is 11.5. The smallest absolute Gasteiger partial charge is 0.159 e. The van der Waals surface area contributed by atoms with Crippen LogP contribution in [0.2, 0.25) is 0 Å². The lowest BCUT2D eigenvalue weighted by atomic mass is 10.0. The van der Waals surface area contributed by atoms with Crippen LogP contribution < -0.4 is 0 Å². The van der Waals surface area contributed by atoms with E-state index in [0.29, 0.717) is 5.56 Å². The van der Waals surface area contributed by atoms with Crippen molar-refractivity contribution in [1.29, 1.82) is 0 Å². The molecule has 0 amide bonds. The van der Waals surface area contributed by atoms with E-state index in [1.165, 1.54) is 18.6 Å². The zero-order valence-corrected chi connectivity index (χ0v) is 12.1. The summed E-state index contributed by atoms with van der Waals surface area (Å²) in [5, 5.41) is 10.9. The van der Waals surface area contributed by atoms with Crippen LogP contribution in [0.15, 0.2) is 42.5 Å². The first kappa shape index (κ1) is 13.4. The van der Waals surface area contributed by atoms with Crippen molar-refractivity contribution in [2.75, 3.05) is 0 Å². The van der Waals surface area contributed by atoms with Gasteiger partial charge in [0.1, 0.15) is 5.75 Å². The highest BCUT2D eigenvalue weighted by Gasteiger charge is 2.09. The number of phenols is 1. The molecule has 0 fully saturated rings. The summed E-state index contributed by atoms with van der Waals surface area (Å²) in [5.74, 6) is 0.0436. The summed E-state index contributed by atoms with van der Waals surface area (Å²) in [7, 11) is 0. The number of benzene rings is 2. The van der Waals surface area contributed by atoms with Crippen molar-refractivity contribution >= 4 is 16.7 Å². The first-order chi connectivity index (χ1) is 10.1. The summed E-state index contributed by atoms with van der Waals surface area (Å²) in [4.78, 5) is 14.8. The normalized spacial score (nSPS) is 11.0. The molecule has 0 spiro atoms. The van der Waals surface area contributed by atoms with Gasteiger partial charge >= 0.3 is 0 Å². The van der Waals surface area contributed by atoms with Crippen molar-refractivity contribution in [1.82, 2.24) is 4.98 Å². The minimum atomic E-state index is -0.0588. The molecule has 0 radical (unpaired) electrons. The zero-order chi connectivity index (χ0) is 15.0. The maximum Gasteiger partial charge on any atom is 0.159 e. The molecule has 0 bridgehead atoms. The minimum Gasteiger partial charge on any atom is -0.508 e. The first-order valence-corrected chi connectivity index (χ1v) is 7.04. The Morgan fingerprint density at radius 3 is 2.67 bits per heavy atom. The fraction of sp³-hybridized carbons (Fsp3) is 0.167. The average Bonchev–Trinajstić information content (AvgIpc) is 2.89. The van der Waals surface area contributed by atoms with Crippen molar-refractivity contribution in [3.05, 3.63) is 53.6 Å². The molecule has 0 saturated heterocycles. The Bertz CT molecular complexity index is 830. The van der Waals surface area contributed by atoms with Crippen LogP contribution in [0.1, 0.15) is 29.8 Å². The van der Waals surface area contributed by atoms with Gasteiger partial charge in [0.25, 0.3) is 0 Å². The molecule has 3 rings (SSSR count). The fourth-order valence-electron chi connectivity index (χ4n) is 2.53. The number of nitrogens with one attached hydrogen (secondary N) is 1. The van der Waals surface area contributed by atoms with Crippen LogP contribution >= 0.6 is 0 Å². The number of fused-ring (bicyclic) bond motifs is 1. The standard InChI is InChI=1S/C18H17NO2/c1-3-12-4-5-17-14(6-12)10-18(19-17)15-7-13(11(2)20)8-16(21)9-15/h4-10,19,21H,3H2,1-2H3. The van der Waals surface area contributed by atoms with E-state index in [2.05, 4.69) is 30.1 Å². The summed E-state index contributed by atoms with van der Waals surface area (Å²) in [6, 6.07) is 13.3. The molecule has 1 aromatic heterocycles. The lowest BCUT2D eigenvalue weighted by molar-refractivity contribution is 0.101. The van der Waals surface area contributed by atoms with Crippen LogP contribution in [0.5, 0.6) is 5.75 Å². The number of carbonyl (C=O) groups is 1. The van der Waals surface area contributed by atoms with Gasteiger partial charge in [-0.05, 0) is 55.3 Å². The highest BCUT2D eigenvalue weighted by atomic mass is 16.3. The van der Waals surface area contributed by atoms with Gasteiger partial charge < -0.3 is 10.1 Å². The van der Waals surface area contributed by atoms with E-state index in [0.717, 1.165) is 28.6 Å². The molecule has 0 aliphatic rings. The Hall–Kier alpha value is -2.55. The highest BCUT2D eigenvalue weighted by molar-refractivity contribution is 5.96. The van der Waals surface area contributed by atoms with Crippen LogP contribution in [-0.4, -0.2) is 15.9 Å². The van der Waals surface area contributed by atoms with Gasteiger partial charge in [-0.25, -0.2) is 0 Å². The van der Waals surface area contributed by atoms with Gasteiger partial charge in [-0.1, -0.05) is 13.0 Å². The number of H-pyrrole nitrogens is 1. The molecule has 2 aromatic carbocycles. The molecular formula is C18H17NO2. The predicted molar refractivity (Wildman–Crippen MR) is 84.8 cm³/mol. The molecular weight excluding hydrogens is 262 g/mol. The van der Waals surface area contributed by atoms with Crippen molar-refractivity contribution in [2.24, 2.45) is 0 Å². The van der Waals surface area contributed by atoms with Gasteiger partial charge in [0.15, 0.2) is 5.78 Å². The number of phenolic OH excluding ortho intramolecular Hbond substituents is 1. The minimum absolute atomic E-state index is 0.0588. The number of hydrogen-bond acceptors (Lipinski definition) is 2. The van der Waals surface area contributed by atoms with Gasteiger partial charge in [-0.15, -0.1) is 0 Å². The predicted octanol–water partition coefficient (Wildman–Crippen LogP) is 4.31. The van der Waals surface area contributed by atoms with Gasteiger partial charge in [0.05, 0.1) is 0 Å². The number of rotatable bonds is 3. The third-order valence-corrected chi connectivity index (χ3v) is 3.73.